The van der Waals surface area contributed by atoms with Gasteiger partial charge in [0, 0.05) is 19.0 Å². The van der Waals surface area contributed by atoms with E-state index in [2.05, 4.69) is 5.32 Å². The van der Waals surface area contributed by atoms with Gasteiger partial charge in [0.1, 0.15) is 0 Å². The highest BCUT2D eigenvalue weighted by atomic mass is 32.2. The molecule has 1 aliphatic carbocycles. The predicted octanol–water partition coefficient (Wildman–Crippen LogP) is 3.03. The zero-order valence-electron chi connectivity index (χ0n) is 13.9. The molecule has 0 atom stereocenters. The highest BCUT2D eigenvalue weighted by molar-refractivity contribution is 7.88. The number of sulfonamides is 1. The molecule has 0 bridgehead atoms. The van der Waals surface area contributed by atoms with Crippen LogP contribution in [0.5, 0.6) is 0 Å². The maximum Gasteiger partial charge on any atom is 0.225 e. The highest BCUT2D eigenvalue weighted by Gasteiger charge is 2.28. The third-order valence-electron chi connectivity index (χ3n) is 4.28. The smallest absolute Gasteiger partial charge is 0.225 e. The monoisotopic (exact) mass is 378 g/mol. The molecule has 1 fully saturated rings. The number of nitrogens with one attached hydrogen (secondary N) is 1. The Bertz CT molecular complexity index is 734. The molecule has 0 aliphatic heterocycles. The van der Waals surface area contributed by atoms with Crippen molar-refractivity contribution in [2.24, 2.45) is 0 Å². The van der Waals surface area contributed by atoms with Crippen molar-refractivity contribution in [3.05, 3.63) is 29.6 Å². The first-order valence-corrected chi connectivity index (χ1v) is 9.95. The van der Waals surface area contributed by atoms with Gasteiger partial charge >= 0.3 is 0 Å². The maximum atomic E-state index is 13.6. The Hall–Kier alpha value is -1.61. The zero-order valence-corrected chi connectivity index (χ0v) is 14.7. The van der Waals surface area contributed by atoms with Crippen LogP contribution in [0.2, 0.25) is 0 Å². The summed E-state index contributed by atoms with van der Waals surface area (Å²) in [6, 6.07) is 1.48. The van der Waals surface area contributed by atoms with E-state index in [0.717, 1.165) is 44.4 Å². The number of nitrogens with zero attached hydrogens (tertiary/aromatic N) is 1. The van der Waals surface area contributed by atoms with Crippen LogP contribution in [0.25, 0.3) is 0 Å². The van der Waals surface area contributed by atoms with E-state index in [0.29, 0.717) is 6.07 Å². The molecular formula is C16H21F3N2O3S. The van der Waals surface area contributed by atoms with E-state index < -0.39 is 39.1 Å². The van der Waals surface area contributed by atoms with Crippen LogP contribution in [0.15, 0.2) is 12.1 Å². The summed E-state index contributed by atoms with van der Waals surface area (Å²) in [5.41, 5.74) is -0.479. The molecule has 1 aromatic rings. The first-order chi connectivity index (χ1) is 11.7. The second kappa shape index (κ2) is 8.18. The van der Waals surface area contributed by atoms with Crippen molar-refractivity contribution in [2.75, 3.05) is 18.1 Å². The van der Waals surface area contributed by atoms with Gasteiger partial charge in [-0.05, 0) is 25.0 Å². The molecule has 9 heteroatoms. The number of carbonyl (C=O) groups is 1. The fourth-order valence-corrected chi connectivity index (χ4v) is 4.21. The van der Waals surface area contributed by atoms with Crippen molar-refractivity contribution < 1.29 is 26.4 Å². The number of benzene rings is 1. The Morgan fingerprint density at radius 2 is 1.80 bits per heavy atom. The van der Waals surface area contributed by atoms with Crippen molar-refractivity contribution in [2.45, 2.75) is 44.6 Å². The highest BCUT2D eigenvalue weighted by Crippen LogP contribution is 2.25. The summed E-state index contributed by atoms with van der Waals surface area (Å²) in [4.78, 5) is 12.0. The van der Waals surface area contributed by atoms with Gasteiger partial charge in [-0.2, -0.15) is 4.31 Å². The zero-order chi connectivity index (χ0) is 18.6. The Balaban J connectivity index is 2.00. The van der Waals surface area contributed by atoms with Crippen LogP contribution in [0.3, 0.4) is 0 Å². The van der Waals surface area contributed by atoms with Crippen LogP contribution in [0.1, 0.15) is 38.5 Å². The average Bonchev–Trinajstić information content (AvgIpc) is 2.55. The summed E-state index contributed by atoms with van der Waals surface area (Å²) in [5, 5.41) is 2.15. The van der Waals surface area contributed by atoms with Gasteiger partial charge in [-0.25, -0.2) is 21.6 Å². The lowest BCUT2D eigenvalue weighted by molar-refractivity contribution is -0.116. The van der Waals surface area contributed by atoms with Gasteiger partial charge in [0.05, 0.1) is 11.9 Å². The van der Waals surface area contributed by atoms with Gasteiger partial charge in [-0.15, -0.1) is 0 Å². The van der Waals surface area contributed by atoms with E-state index in [1.165, 1.54) is 4.31 Å². The summed E-state index contributed by atoms with van der Waals surface area (Å²) < 4.78 is 64.9. The molecule has 0 heterocycles. The van der Waals surface area contributed by atoms with Crippen molar-refractivity contribution >= 4 is 21.6 Å². The Kier molecular flexibility index (Phi) is 6.45. The molecule has 140 valence electrons. The second-order valence-corrected chi connectivity index (χ2v) is 8.12. The molecule has 0 aromatic heterocycles. The van der Waals surface area contributed by atoms with E-state index in [4.69, 9.17) is 0 Å². The van der Waals surface area contributed by atoms with E-state index >= 15 is 0 Å². The average molecular weight is 378 g/mol. The first-order valence-electron chi connectivity index (χ1n) is 8.10. The van der Waals surface area contributed by atoms with Gasteiger partial charge in [-0.1, -0.05) is 19.3 Å². The van der Waals surface area contributed by atoms with E-state index in [9.17, 15) is 26.4 Å². The fourth-order valence-electron chi connectivity index (χ4n) is 3.04. The molecular weight excluding hydrogens is 357 g/mol. The summed E-state index contributed by atoms with van der Waals surface area (Å²) in [7, 11) is -3.48. The molecule has 1 aliphatic rings. The molecule has 5 nitrogen and oxygen atoms in total. The normalized spacial score (nSPS) is 16.2. The van der Waals surface area contributed by atoms with Crippen LogP contribution in [0.4, 0.5) is 18.9 Å². The standard InChI is InChI=1S/C16H21F3N2O3S/c1-25(23,24)21(11-5-3-2-4-6-11)10-9-14(22)20-13-8-7-12(17)15(18)16(13)19/h7-8,11H,2-6,9-10H2,1H3,(H,20,22). The van der Waals surface area contributed by atoms with E-state index in [1.807, 2.05) is 0 Å². The Morgan fingerprint density at radius 1 is 1.16 bits per heavy atom. The lowest BCUT2D eigenvalue weighted by atomic mass is 9.95. The minimum absolute atomic E-state index is 0.0410. The summed E-state index contributed by atoms with van der Waals surface area (Å²) >= 11 is 0. The minimum Gasteiger partial charge on any atom is -0.323 e. The van der Waals surface area contributed by atoms with E-state index in [1.54, 1.807) is 0 Å². The molecule has 1 aromatic carbocycles. The molecule has 0 radical (unpaired) electrons. The van der Waals surface area contributed by atoms with Crippen molar-refractivity contribution in [3.8, 4) is 0 Å². The van der Waals surface area contributed by atoms with Crippen LogP contribution >= 0.6 is 0 Å². The summed E-state index contributed by atoms with van der Waals surface area (Å²) in [5.74, 6) is -5.18. The van der Waals surface area contributed by atoms with E-state index in [-0.39, 0.29) is 19.0 Å². The lowest BCUT2D eigenvalue weighted by Crippen LogP contribution is -2.42. The number of halogens is 3. The van der Waals surface area contributed by atoms with Gasteiger partial charge in [-0.3, -0.25) is 4.79 Å². The molecule has 0 unspecified atom stereocenters. The maximum absolute atomic E-state index is 13.6. The van der Waals surface area contributed by atoms with Gasteiger partial charge in [0.2, 0.25) is 15.9 Å². The largest absolute Gasteiger partial charge is 0.323 e. The number of anilines is 1. The first kappa shape index (κ1) is 19.7. The van der Waals surface area contributed by atoms with Crippen LogP contribution < -0.4 is 5.32 Å². The van der Waals surface area contributed by atoms with Gasteiger partial charge in [0.15, 0.2) is 17.5 Å². The van der Waals surface area contributed by atoms with Gasteiger partial charge in [0.25, 0.3) is 0 Å². The van der Waals surface area contributed by atoms with Crippen LogP contribution in [-0.2, 0) is 14.8 Å². The molecule has 2 rings (SSSR count). The minimum atomic E-state index is -3.48. The van der Waals surface area contributed by atoms with Crippen LogP contribution in [-0.4, -0.2) is 37.5 Å². The van der Waals surface area contributed by atoms with Crippen molar-refractivity contribution in [1.29, 1.82) is 0 Å². The summed E-state index contributed by atoms with van der Waals surface area (Å²) in [6.45, 7) is -0.0410. The molecule has 1 amide bonds. The Morgan fingerprint density at radius 3 is 2.40 bits per heavy atom. The number of rotatable bonds is 6. The van der Waals surface area contributed by atoms with Crippen LogP contribution in [0, 0.1) is 17.5 Å². The molecule has 0 spiro atoms. The molecule has 1 N–H and O–H groups in total. The SMILES string of the molecule is CS(=O)(=O)N(CCC(=O)Nc1ccc(F)c(F)c1F)C1CCCCC1. The molecule has 0 saturated heterocycles. The predicted molar refractivity (Wildman–Crippen MR) is 88.0 cm³/mol. The molecule has 25 heavy (non-hydrogen) atoms. The third-order valence-corrected chi connectivity index (χ3v) is 5.61. The Labute approximate surface area is 145 Å². The number of hydrogen-bond donors (Lipinski definition) is 1. The third kappa shape index (κ3) is 5.18. The number of amides is 1. The summed E-state index contributed by atoms with van der Waals surface area (Å²) in [6.07, 6.45) is 5.30. The lowest BCUT2D eigenvalue weighted by Gasteiger charge is -2.32. The second-order valence-electron chi connectivity index (χ2n) is 6.19. The van der Waals surface area contributed by atoms with Crippen molar-refractivity contribution in [1.82, 2.24) is 4.31 Å². The topological polar surface area (TPSA) is 66.5 Å². The van der Waals surface area contributed by atoms with Crippen molar-refractivity contribution in [3.63, 3.8) is 0 Å². The number of carbonyl (C=O) groups excluding carboxylic acids is 1. The van der Waals surface area contributed by atoms with Gasteiger partial charge < -0.3 is 5.32 Å². The number of hydrogen-bond acceptors (Lipinski definition) is 3. The fraction of sp³-hybridized carbons (Fsp3) is 0.562. The molecule has 1 saturated carbocycles. The quantitative estimate of drug-likeness (QED) is 0.774.